The lowest BCUT2D eigenvalue weighted by Crippen LogP contribution is -2.13. The van der Waals surface area contributed by atoms with Gasteiger partial charge in [-0.3, -0.25) is 14.4 Å². The van der Waals surface area contributed by atoms with Crippen molar-refractivity contribution < 1.29 is 13.2 Å². The first-order valence-corrected chi connectivity index (χ1v) is 12.2. The van der Waals surface area contributed by atoms with Gasteiger partial charge in [-0.2, -0.15) is 10.4 Å². The van der Waals surface area contributed by atoms with Crippen molar-refractivity contribution in [1.82, 2.24) is 14.8 Å². The molecule has 5 aromatic rings. The monoisotopic (exact) mass is 483 g/mol. The highest BCUT2D eigenvalue weighted by Gasteiger charge is 2.20. The molecule has 0 amide bonds. The molecule has 35 heavy (non-hydrogen) atoms. The highest BCUT2D eigenvalue weighted by molar-refractivity contribution is 7.92. The molecule has 5 rings (SSSR count). The minimum atomic E-state index is -3.85. The largest absolute Gasteiger partial charge is 0.494 e. The molecule has 0 radical (unpaired) electrons. The summed E-state index contributed by atoms with van der Waals surface area (Å²) >= 11 is 0. The van der Waals surface area contributed by atoms with Crippen LogP contribution in [0, 0.1) is 18.3 Å². The first-order chi connectivity index (χ1) is 16.8. The maximum Gasteiger partial charge on any atom is 0.262 e. The number of anilines is 1. The van der Waals surface area contributed by atoms with Crippen LogP contribution < -0.4 is 9.46 Å². The summed E-state index contributed by atoms with van der Waals surface area (Å²) < 4.78 is 36.1. The zero-order valence-electron chi connectivity index (χ0n) is 19.3. The molecule has 0 atom stereocenters. The number of aromatic nitrogens is 3. The van der Waals surface area contributed by atoms with Gasteiger partial charge in [0.25, 0.3) is 10.0 Å². The number of nitrogens with one attached hydrogen (secondary N) is 1. The van der Waals surface area contributed by atoms with Crippen LogP contribution in [0.3, 0.4) is 0 Å². The van der Waals surface area contributed by atoms with Crippen LogP contribution in [-0.2, 0) is 17.1 Å². The van der Waals surface area contributed by atoms with Crippen LogP contribution in [0.2, 0.25) is 0 Å². The third kappa shape index (κ3) is 3.94. The second kappa shape index (κ2) is 8.42. The van der Waals surface area contributed by atoms with Crippen LogP contribution in [0.5, 0.6) is 5.75 Å². The Morgan fingerprint density at radius 1 is 1.06 bits per heavy atom. The van der Waals surface area contributed by atoms with Crippen molar-refractivity contribution in [3.05, 3.63) is 78.0 Å². The van der Waals surface area contributed by atoms with Crippen molar-refractivity contribution in [2.24, 2.45) is 7.05 Å². The van der Waals surface area contributed by atoms with Gasteiger partial charge in [-0.25, -0.2) is 8.42 Å². The van der Waals surface area contributed by atoms with Gasteiger partial charge in [0.2, 0.25) is 0 Å². The maximum absolute atomic E-state index is 13.1. The molecule has 174 valence electrons. The normalized spacial score (nSPS) is 11.5. The molecule has 2 heterocycles. The smallest absolute Gasteiger partial charge is 0.262 e. The van der Waals surface area contributed by atoms with Gasteiger partial charge in [-0.1, -0.05) is 29.8 Å². The predicted octanol–water partition coefficient (Wildman–Crippen LogP) is 4.78. The lowest BCUT2D eigenvalue weighted by molar-refractivity contribution is 0.417. The fourth-order valence-corrected chi connectivity index (χ4v) is 5.09. The van der Waals surface area contributed by atoms with Gasteiger partial charge in [0, 0.05) is 29.4 Å². The number of hydrogen-bond donors (Lipinski definition) is 1. The number of aryl methyl sites for hydroxylation is 2. The van der Waals surface area contributed by atoms with Gasteiger partial charge in [-0.15, -0.1) is 0 Å². The summed E-state index contributed by atoms with van der Waals surface area (Å²) in [7, 11) is -0.543. The van der Waals surface area contributed by atoms with Crippen molar-refractivity contribution >= 4 is 37.5 Å². The molecular weight excluding hydrogens is 462 g/mol. The molecule has 0 spiro atoms. The zero-order valence-corrected chi connectivity index (χ0v) is 20.1. The summed E-state index contributed by atoms with van der Waals surface area (Å²) in [5.41, 5.74) is 4.77. The Balaban J connectivity index is 1.72. The minimum absolute atomic E-state index is 0.154. The molecule has 1 N–H and O–H groups in total. The third-order valence-corrected chi connectivity index (χ3v) is 7.25. The average Bonchev–Trinajstić information content (AvgIpc) is 3.20. The quantitative estimate of drug-likeness (QED) is 0.385. The Kier molecular flexibility index (Phi) is 5.38. The van der Waals surface area contributed by atoms with E-state index in [4.69, 9.17) is 15.1 Å². The summed E-state index contributed by atoms with van der Waals surface area (Å²) in [5.74, 6) is 0.351. The number of ether oxygens (including phenoxy) is 1. The number of nitriles is 1. The van der Waals surface area contributed by atoms with Gasteiger partial charge in [0.1, 0.15) is 11.4 Å². The lowest BCUT2D eigenvalue weighted by Gasteiger charge is -2.14. The average molecular weight is 484 g/mol. The molecule has 9 heteroatoms. The Labute approximate surface area is 202 Å². The summed E-state index contributed by atoms with van der Waals surface area (Å²) in [4.78, 5) is 4.71. The Morgan fingerprint density at radius 2 is 1.77 bits per heavy atom. The number of benzene rings is 3. The maximum atomic E-state index is 13.1. The fourth-order valence-electron chi connectivity index (χ4n) is 4.03. The number of rotatable bonds is 5. The molecule has 0 fully saturated rings. The van der Waals surface area contributed by atoms with Gasteiger partial charge < -0.3 is 4.74 Å². The van der Waals surface area contributed by atoms with E-state index in [0.29, 0.717) is 28.2 Å². The molecule has 0 aliphatic carbocycles. The number of nitrogens with zero attached hydrogens (tertiary/aromatic N) is 4. The van der Waals surface area contributed by atoms with Gasteiger partial charge in [0.05, 0.1) is 46.6 Å². The molecular formula is C26H21N5O3S. The highest BCUT2D eigenvalue weighted by Crippen LogP contribution is 2.38. The highest BCUT2D eigenvalue weighted by atomic mass is 32.2. The van der Waals surface area contributed by atoms with E-state index in [2.05, 4.69) is 15.8 Å². The van der Waals surface area contributed by atoms with Crippen molar-refractivity contribution in [2.75, 3.05) is 11.8 Å². The second-order valence-electron chi connectivity index (χ2n) is 8.17. The summed E-state index contributed by atoms with van der Waals surface area (Å²) in [6, 6.07) is 19.3. The molecule has 3 aromatic carbocycles. The Bertz CT molecular complexity index is 1730. The van der Waals surface area contributed by atoms with E-state index in [0.717, 1.165) is 27.4 Å². The minimum Gasteiger partial charge on any atom is -0.494 e. The van der Waals surface area contributed by atoms with E-state index >= 15 is 0 Å². The zero-order chi connectivity index (χ0) is 24.7. The topological polar surface area (TPSA) is 110 Å². The molecule has 0 saturated heterocycles. The number of methoxy groups -OCH3 is 1. The number of sulfonamides is 1. The van der Waals surface area contributed by atoms with Crippen LogP contribution in [-0.4, -0.2) is 30.3 Å². The van der Waals surface area contributed by atoms with Crippen molar-refractivity contribution in [2.45, 2.75) is 11.8 Å². The van der Waals surface area contributed by atoms with E-state index in [1.807, 2.05) is 26.1 Å². The van der Waals surface area contributed by atoms with Crippen LogP contribution in [0.25, 0.3) is 33.1 Å². The van der Waals surface area contributed by atoms with E-state index in [-0.39, 0.29) is 4.90 Å². The predicted molar refractivity (Wildman–Crippen MR) is 135 cm³/mol. The van der Waals surface area contributed by atoms with Crippen molar-refractivity contribution in [3.63, 3.8) is 0 Å². The molecule has 0 bridgehead atoms. The van der Waals surface area contributed by atoms with Crippen LogP contribution in [0.4, 0.5) is 5.69 Å². The van der Waals surface area contributed by atoms with E-state index in [9.17, 15) is 8.42 Å². The number of fused-ring (bicyclic) bond motifs is 3. The summed E-state index contributed by atoms with van der Waals surface area (Å²) in [6.45, 7) is 1.90. The van der Waals surface area contributed by atoms with Crippen LogP contribution in [0.1, 0.15) is 11.1 Å². The van der Waals surface area contributed by atoms with Crippen molar-refractivity contribution in [3.8, 4) is 23.1 Å². The van der Waals surface area contributed by atoms with E-state index in [1.54, 1.807) is 59.4 Å². The molecule has 0 aliphatic rings. The van der Waals surface area contributed by atoms with Gasteiger partial charge in [-0.05, 0) is 37.3 Å². The van der Waals surface area contributed by atoms with Gasteiger partial charge in [0.15, 0.2) is 0 Å². The van der Waals surface area contributed by atoms with Gasteiger partial charge >= 0.3 is 0 Å². The molecule has 2 aromatic heterocycles. The summed E-state index contributed by atoms with van der Waals surface area (Å²) in [6.07, 6.45) is 1.73. The molecule has 0 saturated carbocycles. The molecule has 0 aliphatic heterocycles. The van der Waals surface area contributed by atoms with Crippen LogP contribution in [0.15, 0.2) is 71.8 Å². The van der Waals surface area contributed by atoms with Crippen molar-refractivity contribution in [1.29, 1.82) is 5.26 Å². The lowest BCUT2D eigenvalue weighted by atomic mass is 10.0. The molecule has 8 nitrogen and oxygen atoms in total. The SMILES string of the molecule is COc1cc2ncc3c(c(-c4ccc(C#N)cc4)nn3C)c2cc1NS(=O)(=O)c1ccc(C)cc1. The first-order valence-electron chi connectivity index (χ1n) is 10.7. The first kappa shape index (κ1) is 22.4. The third-order valence-electron chi connectivity index (χ3n) is 5.87. The number of hydrogen-bond acceptors (Lipinski definition) is 6. The second-order valence-corrected chi connectivity index (χ2v) is 9.85. The Hall–Kier alpha value is -4.42. The van der Waals surface area contributed by atoms with E-state index in [1.165, 1.54) is 7.11 Å². The van der Waals surface area contributed by atoms with E-state index < -0.39 is 10.0 Å². The summed E-state index contributed by atoms with van der Waals surface area (Å²) in [5, 5.41) is 15.4. The number of pyridine rings is 1. The van der Waals surface area contributed by atoms with Crippen LogP contribution >= 0.6 is 0 Å². The standard InChI is InChI=1S/C26H21N5O3S/c1-16-4-10-19(11-5-16)35(32,33)30-22-12-20-21(13-24(22)34-3)28-15-23-25(20)26(29-31(23)2)18-8-6-17(14-27)7-9-18/h4-13,15,30H,1-3H3. The molecule has 0 unspecified atom stereocenters. The fraction of sp³-hybridized carbons (Fsp3) is 0.115. The Morgan fingerprint density at radius 3 is 2.43 bits per heavy atom.